The van der Waals surface area contributed by atoms with E-state index >= 15 is 0 Å². The maximum Gasteiger partial charge on any atom is 0.291 e. The van der Waals surface area contributed by atoms with Crippen LogP contribution in [0.2, 0.25) is 0 Å². The van der Waals surface area contributed by atoms with Gasteiger partial charge >= 0.3 is 0 Å². The number of H-pyrrole nitrogens is 3. The normalized spacial score (nSPS) is 11.3. The van der Waals surface area contributed by atoms with Crippen molar-refractivity contribution in [3.05, 3.63) is 52.1 Å². The van der Waals surface area contributed by atoms with E-state index in [1.165, 1.54) is 0 Å². The molecule has 0 aliphatic rings. The van der Waals surface area contributed by atoms with Gasteiger partial charge in [-0.05, 0) is 19.4 Å². The Labute approximate surface area is 120 Å². The molecule has 3 aromatic rings. The van der Waals surface area contributed by atoms with Gasteiger partial charge in [0.05, 0.1) is 11.3 Å². The lowest BCUT2D eigenvalue weighted by atomic mass is 10.1. The van der Waals surface area contributed by atoms with Crippen LogP contribution in [0.1, 0.15) is 11.4 Å². The Morgan fingerprint density at radius 2 is 1.76 bits per heavy atom. The molecule has 0 fully saturated rings. The number of nitrogens with zero attached hydrogens (tertiary/aromatic N) is 3. The highest BCUT2D eigenvalue weighted by atomic mass is 16.1. The molecule has 0 amide bonds. The lowest BCUT2D eigenvalue weighted by Crippen LogP contribution is -1.96. The van der Waals surface area contributed by atoms with Crippen molar-refractivity contribution in [3.8, 4) is 11.1 Å². The van der Waals surface area contributed by atoms with Gasteiger partial charge in [0.25, 0.3) is 5.56 Å². The molecule has 1 aromatic carbocycles. The van der Waals surface area contributed by atoms with Crippen molar-refractivity contribution in [2.75, 3.05) is 0 Å². The molecule has 7 nitrogen and oxygen atoms in total. The van der Waals surface area contributed by atoms with Gasteiger partial charge in [0.2, 0.25) is 5.82 Å². The molecule has 3 rings (SSSR count). The second kappa shape index (κ2) is 5.20. The fourth-order valence-electron chi connectivity index (χ4n) is 2.10. The molecule has 0 aliphatic heterocycles. The molecule has 106 valence electrons. The molecule has 0 unspecified atom stereocenters. The minimum absolute atomic E-state index is 0.259. The largest absolute Gasteiger partial charge is 0.300 e. The SMILES string of the molecule is Cc1[nH]nc(N=Nc2c(C)[nH][nH]c2=O)c1-c1ccccc1. The van der Waals surface area contributed by atoms with Crippen LogP contribution in [0.25, 0.3) is 11.1 Å². The lowest BCUT2D eigenvalue weighted by molar-refractivity contribution is 1.02. The summed E-state index contributed by atoms with van der Waals surface area (Å²) in [6, 6.07) is 9.80. The molecular formula is C14H14N6O. The Morgan fingerprint density at radius 3 is 2.43 bits per heavy atom. The summed E-state index contributed by atoms with van der Waals surface area (Å²) in [5, 5.41) is 20.3. The highest BCUT2D eigenvalue weighted by Gasteiger charge is 2.12. The molecule has 2 aromatic heterocycles. The molecule has 2 heterocycles. The van der Waals surface area contributed by atoms with E-state index in [1.807, 2.05) is 37.3 Å². The summed E-state index contributed by atoms with van der Waals surface area (Å²) in [4.78, 5) is 11.6. The van der Waals surface area contributed by atoms with Gasteiger partial charge in [-0.3, -0.25) is 15.0 Å². The molecule has 0 saturated heterocycles. The van der Waals surface area contributed by atoms with E-state index in [2.05, 4.69) is 30.6 Å². The predicted octanol–water partition coefficient (Wildman–Crippen LogP) is 3.13. The first-order valence-corrected chi connectivity index (χ1v) is 6.46. The molecule has 7 heteroatoms. The number of aromatic nitrogens is 4. The third-order valence-corrected chi connectivity index (χ3v) is 3.17. The maximum atomic E-state index is 11.6. The van der Waals surface area contributed by atoms with Crippen LogP contribution in [0.15, 0.2) is 45.4 Å². The minimum atomic E-state index is -0.301. The van der Waals surface area contributed by atoms with Gasteiger partial charge in [-0.1, -0.05) is 30.3 Å². The minimum Gasteiger partial charge on any atom is -0.300 e. The first-order chi connectivity index (χ1) is 10.2. The summed E-state index contributed by atoms with van der Waals surface area (Å²) in [5.74, 6) is 0.457. The van der Waals surface area contributed by atoms with Gasteiger partial charge in [-0.15, -0.1) is 10.2 Å². The van der Waals surface area contributed by atoms with Crippen LogP contribution in [0.4, 0.5) is 11.5 Å². The number of hydrogen-bond donors (Lipinski definition) is 3. The first kappa shape index (κ1) is 13.0. The standard InChI is InChI=1S/C14H14N6O/c1-8-11(10-6-4-3-5-7-10)13(18-15-8)19-17-12-9(2)16-20-14(12)21/h3-7H,1-2H3,(H,15,18)(H2,16,20,21). The zero-order chi connectivity index (χ0) is 14.8. The Bertz CT molecular complexity index is 840. The van der Waals surface area contributed by atoms with Crippen molar-refractivity contribution in [2.24, 2.45) is 10.2 Å². The maximum absolute atomic E-state index is 11.6. The van der Waals surface area contributed by atoms with Crippen molar-refractivity contribution >= 4 is 11.5 Å². The summed E-state index contributed by atoms with van der Waals surface area (Å²) in [6.45, 7) is 3.67. The number of azo groups is 1. The topological polar surface area (TPSA) is 102 Å². The van der Waals surface area contributed by atoms with Crippen LogP contribution in [-0.2, 0) is 0 Å². The van der Waals surface area contributed by atoms with E-state index in [0.29, 0.717) is 11.5 Å². The Hall–Kier alpha value is -2.96. The van der Waals surface area contributed by atoms with Crippen molar-refractivity contribution in [2.45, 2.75) is 13.8 Å². The Kier molecular flexibility index (Phi) is 3.23. The van der Waals surface area contributed by atoms with Crippen LogP contribution >= 0.6 is 0 Å². The van der Waals surface area contributed by atoms with E-state index in [9.17, 15) is 4.79 Å². The van der Waals surface area contributed by atoms with Crippen LogP contribution < -0.4 is 5.56 Å². The number of aromatic amines is 3. The summed E-state index contributed by atoms with van der Waals surface area (Å²) in [5.41, 5.74) is 3.37. The molecule has 0 radical (unpaired) electrons. The van der Waals surface area contributed by atoms with E-state index in [1.54, 1.807) is 6.92 Å². The highest BCUT2D eigenvalue weighted by Crippen LogP contribution is 2.31. The molecule has 21 heavy (non-hydrogen) atoms. The van der Waals surface area contributed by atoms with Gasteiger partial charge in [-0.2, -0.15) is 5.10 Å². The van der Waals surface area contributed by atoms with E-state index in [4.69, 9.17) is 0 Å². The smallest absolute Gasteiger partial charge is 0.291 e. The van der Waals surface area contributed by atoms with Crippen LogP contribution in [0.5, 0.6) is 0 Å². The number of hydrogen-bond acceptors (Lipinski definition) is 4. The molecule has 0 atom stereocenters. The van der Waals surface area contributed by atoms with E-state index < -0.39 is 0 Å². The number of nitrogens with one attached hydrogen (secondary N) is 3. The highest BCUT2D eigenvalue weighted by molar-refractivity contribution is 5.75. The van der Waals surface area contributed by atoms with Gasteiger partial charge in [0.15, 0.2) is 5.69 Å². The summed E-state index contributed by atoms with van der Waals surface area (Å²) in [6.07, 6.45) is 0. The van der Waals surface area contributed by atoms with E-state index in [0.717, 1.165) is 16.8 Å². The summed E-state index contributed by atoms with van der Waals surface area (Å²) >= 11 is 0. The molecular weight excluding hydrogens is 268 g/mol. The second-order valence-electron chi connectivity index (χ2n) is 4.67. The average molecular weight is 282 g/mol. The Balaban J connectivity index is 2.04. The van der Waals surface area contributed by atoms with Crippen molar-refractivity contribution < 1.29 is 0 Å². The number of aryl methyl sites for hydroxylation is 2. The molecule has 3 N–H and O–H groups in total. The Morgan fingerprint density at radius 1 is 1.00 bits per heavy atom. The van der Waals surface area contributed by atoms with Crippen LogP contribution in [0, 0.1) is 13.8 Å². The predicted molar refractivity (Wildman–Crippen MR) is 79.1 cm³/mol. The van der Waals surface area contributed by atoms with Gasteiger partial charge in [-0.25, -0.2) is 0 Å². The molecule has 0 aliphatic carbocycles. The van der Waals surface area contributed by atoms with Gasteiger partial charge in [0.1, 0.15) is 0 Å². The second-order valence-corrected chi connectivity index (χ2v) is 4.67. The quantitative estimate of drug-likeness (QED) is 0.642. The zero-order valence-electron chi connectivity index (χ0n) is 11.6. The third kappa shape index (κ3) is 2.40. The molecule has 0 spiro atoms. The van der Waals surface area contributed by atoms with Crippen molar-refractivity contribution in [1.29, 1.82) is 0 Å². The lowest BCUT2D eigenvalue weighted by Gasteiger charge is -1.99. The summed E-state index contributed by atoms with van der Waals surface area (Å²) < 4.78 is 0. The van der Waals surface area contributed by atoms with E-state index in [-0.39, 0.29) is 11.2 Å². The zero-order valence-corrected chi connectivity index (χ0v) is 11.6. The fraction of sp³-hybridized carbons (Fsp3) is 0.143. The van der Waals surface area contributed by atoms with Crippen molar-refractivity contribution in [1.82, 2.24) is 20.4 Å². The summed E-state index contributed by atoms with van der Waals surface area (Å²) in [7, 11) is 0. The fourth-order valence-corrected chi connectivity index (χ4v) is 2.10. The van der Waals surface area contributed by atoms with Crippen molar-refractivity contribution in [3.63, 3.8) is 0 Å². The number of benzene rings is 1. The van der Waals surface area contributed by atoms with Gasteiger partial charge in [0, 0.05) is 5.69 Å². The number of rotatable bonds is 3. The van der Waals surface area contributed by atoms with Crippen LogP contribution in [0.3, 0.4) is 0 Å². The van der Waals surface area contributed by atoms with Gasteiger partial charge < -0.3 is 5.10 Å². The third-order valence-electron chi connectivity index (χ3n) is 3.17. The molecule has 0 bridgehead atoms. The molecule has 0 saturated carbocycles. The first-order valence-electron chi connectivity index (χ1n) is 6.46. The monoisotopic (exact) mass is 282 g/mol. The average Bonchev–Trinajstić information content (AvgIpc) is 3.01. The van der Waals surface area contributed by atoms with Crippen LogP contribution in [-0.4, -0.2) is 20.4 Å².